The number of anilines is 1. The van der Waals surface area contributed by atoms with Crippen LogP contribution >= 0.6 is 11.3 Å². The van der Waals surface area contributed by atoms with Crippen molar-refractivity contribution in [2.75, 3.05) is 11.4 Å². The lowest BCUT2D eigenvalue weighted by Crippen LogP contribution is -2.39. The van der Waals surface area contributed by atoms with E-state index >= 15 is 0 Å². The molecule has 2 heterocycles. The van der Waals surface area contributed by atoms with Gasteiger partial charge < -0.3 is 14.6 Å². The number of amides is 2. The Morgan fingerprint density at radius 2 is 2.12 bits per heavy atom. The third-order valence-electron chi connectivity index (χ3n) is 5.62. The Morgan fingerprint density at radius 1 is 1.30 bits per heavy atom. The van der Waals surface area contributed by atoms with Gasteiger partial charge in [-0.3, -0.25) is 9.69 Å². The maximum absolute atomic E-state index is 13.2. The van der Waals surface area contributed by atoms with Crippen molar-refractivity contribution in [1.82, 2.24) is 19.9 Å². The van der Waals surface area contributed by atoms with Crippen LogP contribution in [0, 0.1) is 5.92 Å². The lowest BCUT2D eigenvalue weighted by atomic mass is 9.84. The van der Waals surface area contributed by atoms with Crippen LogP contribution < -0.4 is 10.2 Å². The monoisotopic (exact) mass is 469 g/mol. The second kappa shape index (κ2) is 9.91. The zero-order valence-electron chi connectivity index (χ0n) is 19.4. The van der Waals surface area contributed by atoms with E-state index in [-0.39, 0.29) is 11.8 Å². The predicted molar refractivity (Wildman–Crippen MR) is 129 cm³/mol. The summed E-state index contributed by atoms with van der Waals surface area (Å²) in [5, 5.41) is 3.53. The number of thiazole rings is 1. The zero-order valence-corrected chi connectivity index (χ0v) is 20.2. The molecule has 8 nitrogen and oxygen atoms in total. The average molecular weight is 470 g/mol. The number of hydrogen-bond acceptors (Lipinski definition) is 6. The van der Waals surface area contributed by atoms with Crippen molar-refractivity contribution >= 4 is 38.7 Å². The van der Waals surface area contributed by atoms with Gasteiger partial charge >= 0.3 is 6.09 Å². The molecule has 1 aromatic carbocycles. The molecular weight excluding hydrogens is 438 g/mol. The number of alkyl carbamates (subject to hydrolysis) is 1. The molecule has 1 aliphatic rings. The van der Waals surface area contributed by atoms with Gasteiger partial charge in [0, 0.05) is 37.9 Å². The van der Waals surface area contributed by atoms with Crippen LogP contribution in [0.1, 0.15) is 52.0 Å². The number of para-hydroxylation sites is 1. The first-order valence-corrected chi connectivity index (χ1v) is 12.2. The Kier molecular flexibility index (Phi) is 6.97. The van der Waals surface area contributed by atoms with Crippen LogP contribution in [-0.4, -0.2) is 38.7 Å². The molecule has 0 spiro atoms. The summed E-state index contributed by atoms with van der Waals surface area (Å²) in [6.07, 6.45) is 8.85. The maximum atomic E-state index is 13.2. The van der Waals surface area contributed by atoms with Crippen molar-refractivity contribution in [2.24, 2.45) is 5.92 Å². The number of hydrogen-bond donors (Lipinski definition) is 1. The molecule has 0 atom stereocenters. The van der Waals surface area contributed by atoms with Gasteiger partial charge in [-0.2, -0.15) is 0 Å². The van der Waals surface area contributed by atoms with Gasteiger partial charge in [0.15, 0.2) is 5.13 Å². The van der Waals surface area contributed by atoms with Gasteiger partial charge in [0.05, 0.1) is 16.5 Å². The zero-order chi connectivity index (χ0) is 23.4. The van der Waals surface area contributed by atoms with E-state index in [1.807, 2.05) is 54.6 Å². The first-order valence-electron chi connectivity index (χ1n) is 11.4. The quantitative estimate of drug-likeness (QED) is 0.515. The SMILES string of the molecule is CC(C)(C)OC(=O)NCc1cccc2sc(N(CCCn3ccnc3)C(=O)C3CCC3)nc12. The summed E-state index contributed by atoms with van der Waals surface area (Å²) >= 11 is 1.52. The number of rotatable bonds is 8. The van der Waals surface area contributed by atoms with Crippen molar-refractivity contribution in [3.63, 3.8) is 0 Å². The maximum Gasteiger partial charge on any atom is 0.407 e. The number of nitrogens with one attached hydrogen (secondary N) is 1. The topological polar surface area (TPSA) is 89.4 Å². The largest absolute Gasteiger partial charge is 0.444 e. The molecule has 3 aromatic rings. The molecule has 0 aliphatic heterocycles. The third-order valence-corrected chi connectivity index (χ3v) is 6.67. The lowest BCUT2D eigenvalue weighted by molar-refractivity contribution is -0.124. The minimum atomic E-state index is -0.553. The normalized spacial score (nSPS) is 14.2. The van der Waals surface area contributed by atoms with Crippen LogP contribution in [0.15, 0.2) is 36.9 Å². The summed E-state index contributed by atoms with van der Waals surface area (Å²) in [7, 11) is 0. The highest BCUT2D eigenvalue weighted by Crippen LogP contribution is 2.35. The van der Waals surface area contributed by atoms with E-state index in [2.05, 4.69) is 10.3 Å². The van der Waals surface area contributed by atoms with Crippen LogP contribution in [0.5, 0.6) is 0 Å². The second-order valence-electron chi connectivity index (χ2n) is 9.39. The van der Waals surface area contributed by atoms with Crippen LogP contribution in [0.4, 0.5) is 9.93 Å². The summed E-state index contributed by atoms with van der Waals surface area (Å²) in [6, 6.07) is 5.90. The first-order chi connectivity index (χ1) is 15.8. The van der Waals surface area contributed by atoms with E-state index in [1.165, 1.54) is 11.3 Å². The van der Waals surface area contributed by atoms with Crippen molar-refractivity contribution in [1.29, 1.82) is 0 Å². The van der Waals surface area contributed by atoms with Gasteiger partial charge in [0.1, 0.15) is 5.60 Å². The number of imidazole rings is 1. The molecule has 1 saturated carbocycles. The summed E-state index contributed by atoms with van der Waals surface area (Å²) < 4.78 is 8.35. The molecule has 0 radical (unpaired) electrons. The van der Waals surface area contributed by atoms with Gasteiger partial charge in [0.2, 0.25) is 5.91 Å². The summed E-state index contributed by atoms with van der Waals surface area (Å²) in [5.41, 5.74) is 1.16. The number of carbonyl (C=O) groups excluding carboxylic acids is 2. The molecule has 1 N–H and O–H groups in total. The number of aryl methyl sites for hydroxylation is 1. The summed E-state index contributed by atoms with van der Waals surface area (Å²) in [5.74, 6) is 0.262. The Bertz CT molecular complexity index is 1100. The number of ether oxygens (including phenoxy) is 1. The highest BCUT2D eigenvalue weighted by Gasteiger charge is 2.31. The highest BCUT2D eigenvalue weighted by molar-refractivity contribution is 7.22. The Morgan fingerprint density at radius 3 is 2.79 bits per heavy atom. The fourth-order valence-electron chi connectivity index (χ4n) is 3.74. The van der Waals surface area contributed by atoms with Crippen molar-refractivity contribution in [2.45, 2.75) is 65.1 Å². The molecule has 0 saturated heterocycles. The van der Waals surface area contributed by atoms with Crippen LogP contribution in [0.3, 0.4) is 0 Å². The van der Waals surface area contributed by atoms with Crippen LogP contribution in [-0.2, 0) is 22.6 Å². The van der Waals surface area contributed by atoms with Crippen molar-refractivity contribution < 1.29 is 14.3 Å². The van der Waals surface area contributed by atoms with Gasteiger partial charge in [-0.25, -0.2) is 14.8 Å². The fraction of sp³-hybridized carbons (Fsp3) is 0.500. The predicted octanol–water partition coefficient (Wildman–Crippen LogP) is 4.74. The Hall–Kier alpha value is -2.94. The molecule has 9 heteroatoms. The molecule has 0 bridgehead atoms. The molecule has 4 rings (SSSR count). The van der Waals surface area contributed by atoms with E-state index < -0.39 is 11.7 Å². The van der Waals surface area contributed by atoms with E-state index in [9.17, 15) is 9.59 Å². The number of fused-ring (bicyclic) bond motifs is 1. The highest BCUT2D eigenvalue weighted by atomic mass is 32.1. The van der Waals surface area contributed by atoms with E-state index in [0.717, 1.165) is 53.1 Å². The Balaban J connectivity index is 1.51. The van der Waals surface area contributed by atoms with Gasteiger partial charge in [-0.1, -0.05) is 29.9 Å². The number of nitrogens with zero attached hydrogens (tertiary/aromatic N) is 4. The third kappa shape index (κ3) is 5.90. The second-order valence-corrected chi connectivity index (χ2v) is 10.4. The lowest BCUT2D eigenvalue weighted by Gasteiger charge is -2.30. The molecule has 1 fully saturated rings. The fourth-order valence-corrected chi connectivity index (χ4v) is 4.78. The van der Waals surface area contributed by atoms with E-state index in [0.29, 0.717) is 13.1 Å². The number of carbonyl (C=O) groups is 2. The van der Waals surface area contributed by atoms with Crippen molar-refractivity contribution in [3.05, 3.63) is 42.5 Å². The van der Waals surface area contributed by atoms with Gasteiger partial charge in [-0.05, 0) is 51.7 Å². The summed E-state index contributed by atoms with van der Waals surface area (Å²) in [6.45, 7) is 7.22. The Labute approximate surface area is 198 Å². The number of aromatic nitrogens is 3. The first kappa shape index (κ1) is 23.2. The minimum absolute atomic E-state index is 0.0959. The molecule has 2 aromatic heterocycles. The number of benzene rings is 1. The van der Waals surface area contributed by atoms with Gasteiger partial charge in [-0.15, -0.1) is 0 Å². The van der Waals surface area contributed by atoms with Gasteiger partial charge in [0.25, 0.3) is 0 Å². The molecule has 33 heavy (non-hydrogen) atoms. The van der Waals surface area contributed by atoms with Crippen LogP contribution in [0.2, 0.25) is 0 Å². The molecule has 0 unspecified atom stereocenters. The van der Waals surface area contributed by atoms with E-state index in [4.69, 9.17) is 9.72 Å². The summed E-state index contributed by atoms with van der Waals surface area (Å²) in [4.78, 5) is 36.1. The molecule has 2 amide bonds. The molecular formula is C24H31N5O3S. The van der Waals surface area contributed by atoms with Crippen molar-refractivity contribution in [3.8, 4) is 0 Å². The smallest absolute Gasteiger partial charge is 0.407 e. The minimum Gasteiger partial charge on any atom is -0.444 e. The molecule has 1 aliphatic carbocycles. The molecule has 176 valence electrons. The van der Waals surface area contributed by atoms with E-state index in [1.54, 1.807) is 12.5 Å². The van der Waals surface area contributed by atoms with Crippen LogP contribution in [0.25, 0.3) is 10.2 Å². The average Bonchev–Trinajstić information content (AvgIpc) is 3.36. The standard InChI is InChI=1S/C24H31N5O3S/c1-24(2,3)32-23(31)26-15-18-9-5-10-19-20(18)27-22(33-19)29(21(30)17-7-4-8-17)13-6-12-28-14-11-25-16-28/h5,9-11,14,16-17H,4,6-8,12-13,15H2,1-3H3,(H,26,31).